The van der Waals surface area contributed by atoms with Crippen molar-refractivity contribution in [1.82, 2.24) is 9.97 Å². The minimum absolute atomic E-state index is 0.0251. The van der Waals surface area contributed by atoms with E-state index in [2.05, 4.69) is 29.2 Å². The van der Waals surface area contributed by atoms with Crippen LogP contribution in [-0.4, -0.2) is 26.8 Å². The quantitative estimate of drug-likeness (QED) is 0.505. The fourth-order valence-electron chi connectivity index (χ4n) is 1.33. The van der Waals surface area contributed by atoms with Gasteiger partial charge in [0.15, 0.2) is 0 Å². The average Bonchev–Trinajstić information content (AvgIpc) is 2.48. The van der Waals surface area contributed by atoms with Crippen molar-refractivity contribution >= 4 is 18.6 Å². The molecule has 1 rings (SSSR count). The number of imidazole rings is 1. The van der Waals surface area contributed by atoms with Crippen LogP contribution in [0.15, 0.2) is 12.7 Å². The Morgan fingerprint density at radius 3 is 2.93 bits per heavy atom. The SMILES string of the molecule is C=CCc1nc(CCS)[nH]c1CC(=O)O. The van der Waals surface area contributed by atoms with Gasteiger partial charge in [-0.15, -0.1) is 6.58 Å². The summed E-state index contributed by atoms with van der Waals surface area (Å²) in [5, 5.41) is 8.71. The van der Waals surface area contributed by atoms with Gasteiger partial charge in [0.05, 0.1) is 12.1 Å². The smallest absolute Gasteiger partial charge is 0.309 e. The monoisotopic (exact) mass is 226 g/mol. The number of hydrogen-bond acceptors (Lipinski definition) is 3. The summed E-state index contributed by atoms with van der Waals surface area (Å²) in [6.45, 7) is 3.62. The van der Waals surface area contributed by atoms with Gasteiger partial charge in [-0.25, -0.2) is 4.98 Å². The zero-order chi connectivity index (χ0) is 11.3. The second-order valence-corrected chi connectivity index (χ2v) is 3.59. The van der Waals surface area contributed by atoms with Gasteiger partial charge >= 0.3 is 5.97 Å². The minimum Gasteiger partial charge on any atom is -0.481 e. The third kappa shape index (κ3) is 3.43. The molecule has 15 heavy (non-hydrogen) atoms. The number of thiol groups is 1. The number of nitrogens with zero attached hydrogens (tertiary/aromatic N) is 1. The lowest BCUT2D eigenvalue weighted by Gasteiger charge is -1.94. The first-order valence-electron chi connectivity index (χ1n) is 4.67. The summed E-state index contributed by atoms with van der Waals surface area (Å²) in [7, 11) is 0. The Labute approximate surface area is 93.8 Å². The van der Waals surface area contributed by atoms with Crippen LogP contribution in [0.4, 0.5) is 0 Å². The molecule has 82 valence electrons. The number of carboxylic acids is 1. The first-order valence-corrected chi connectivity index (χ1v) is 5.30. The third-order valence-corrected chi connectivity index (χ3v) is 2.15. The predicted molar refractivity (Wildman–Crippen MR) is 61.4 cm³/mol. The fourth-order valence-corrected chi connectivity index (χ4v) is 1.54. The Kier molecular flexibility index (Phi) is 4.42. The highest BCUT2D eigenvalue weighted by atomic mass is 32.1. The molecule has 0 saturated heterocycles. The molecule has 0 atom stereocenters. The van der Waals surface area contributed by atoms with Crippen molar-refractivity contribution in [3.63, 3.8) is 0 Å². The van der Waals surface area contributed by atoms with Crippen LogP contribution in [-0.2, 0) is 24.1 Å². The van der Waals surface area contributed by atoms with Crippen LogP contribution >= 0.6 is 12.6 Å². The third-order valence-electron chi connectivity index (χ3n) is 1.93. The molecule has 0 fully saturated rings. The molecular weight excluding hydrogens is 212 g/mol. The van der Waals surface area contributed by atoms with Crippen molar-refractivity contribution in [3.8, 4) is 0 Å². The lowest BCUT2D eigenvalue weighted by molar-refractivity contribution is -0.136. The minimum atomic E-state index is -0.860. The van der Waals surface area contributed by atoms with E-state index in [9.17, 15) is 4.79 Å². The topological polar surface area (TPSA) is 66.0 Å². The number of hydrogen-bond donors (Lipinski definition) is 3. The molecule has 1 aromatic heterocycles. The van der Waals surface area contributed by atoms with Gasteiger partial charge in [0.25, 0.3) is 0 Å². The molecule has 0 radical (unpaired) electrons. The van der Waals surface area contributed by atoms with Crippen LogP contribution in [0.1, 0.15) is 17.2 Å². The molecule has 0 amide bonds. The van der Waals surface area contributed by atoms with Gasteiger partial charge in [-0.3, -0.25) is 4.79 Å². The Morgan fingerprint density at radius 2 is 2.40 bits per heavy atom. The number of aromatic nitrogens is 2. The van der Waals surface area contributed by atoms with E-state index in [1.807, 2.05) is 0 Å². The first-order chi connectivity index (χ1) is 7.17. The molecule has 4 nitrogen and oxygen atoms in total. The standard InChI is InChI=1S/C10H14N2O2S/c1-2-3-7-8(6-10(13)14)12-9(11-7)4-5-15/h2,15H,1,3-6H2,(H,11,12)(H,13,14). The van der Waals surface area contributed by atoms with Crippen LogP contribution in [0, 0.1) is 0 Å². The number of nitrogens with one attached hydrogen (secondary N) is 1. The van der Waals surface area contributed by atoms with Gasteiger partial charge < -0.3 is 10.1 Å². The summed E-state index contributed by atoms with van der Waals surface area (Å²) in [4.78, 5) is 17.9. The number of carbonyl (C=O) groups is 1. The molecule has 5 heteroatoms. The van der Waals surface area contributed by atoms with Gasteiger partial charge in [-0.1, -0.05) is 6.08 Å². The van der Waals surface area contributed by atoms with Crippen LogP contribution in [0.5, 0.6) is 0 Å². The van der Waals surface area contributed by atoms with E-state index >= 15 is 0 Å². The summed E-state index contributed by atoms with van der Waals surface area (Å²) < 4.78 is 0. The van der Waals surface area contributed by atoms with E-state index in [4.69, 9.17) is 5.11 Å². The van der Waals surface area contributed by atoms with Crippen molar-refractivity contribution in [3.05, 3.63) is 29.9 Å². The molecule has 2 N–H and O–H groups in total. The molecule has 0 unspecified atom stereocenters. The largest absolute Gasteiger partial charge is 0.481 e. The molecule has 0 aliphatic heterocycles. The van der Waals surface area contributed by atoms with Crippen molar-refractivity contribution in [1.29, 1.82) is 0 Å². The van der Waals surface area contributed by atoms with Crippen molar-refractivity contribution in [2.45, 2.75) is 19.3 Å². The molecule has 0 bridgehead atoms. The van der Waals surface area contributed by atoms with E-state index in [1.165, 1.54) is 0 Å². The summed E-state index contributed by atoms with van der Waals surface area (Å²) in [6, 6.07) is 0. The Bertz CT molecular complexity index is 360. The Hall–Kier alpha value is -1.23. The molecule has 0 aromatic carbocycles. The number of H-pyrrole nitrogens is 1. The van der Waals surface area contributed by atoms with E-state index < -0.39 is 5.97 Å². The predicted octanol–water partition coefficient (Wildman–Crippen LogP) is 1.24. The van der Waals surface area contributed by atoms with Gasteiger partial charge in [-0.2, -0.15) is 12.6 Å². The highest BCUT2D eigenvalue weighted by Gasteiger charge is 2.11. The number of aliphatic carboxylic acids is 1. The van der Waals surface area contributed by atoms with E-state index in [0.29, 0.717) is 24.3 Å². The molecule has 1 heterocycles. The Balaban J connectivity index is 2.88. The van der Waals surface area contributed by atoms with Gasteiger partial charge in [0.1, 0.15) is 5.82 Å². The molecule has 1 aromatic rings. The van der Waals surface area contributed by atoms with Crippen molar-refractivity contribution in [2.75, 3.05) is 5.75 Å². The van der Waals surface area contributed by atoms with Gasteiger partial charge in [-0.05, 0) is 5.75 Å². The fraction of sp³-hybridized carbons (Fsp3) is 0.400. The van der Waals surface area contributed by atoms with Crippen molar-refractivity contribution < 1.29 is 9.90 Å². The van der Waals surface area contributed by atoms with Crippen LogP contribution in [0.3, 0.4) is 0 Å². The lowest BCUT2D eigenvalue weighted by atomic mass is 10.2. The maximum absolute atomic E-state index is 10.6. The molecule has 0 aliphatic rings. The molecular formula is C10H14N2O2S. The van der Waals surface area contributed by atoms with Crippen LogP contribution in [0.2, 0.25) is 0 Å². The summed E-state index contributed by atoms with van der Waals surface area (Å²) in [5.41, 5.74) is 1.43. The number of aryl methyl sites for hydroxylation is 1. The number of carboxylic acid groups (broad SMARTS) is 1. The zero-order valence-corrected chi connectivity index (χ0v) is 9.26. The maximum atomic E-state index is 10.6. The molecule has 0 saturated carbocycles. The highest BCUT2D eigenvalue weighted by Crippen LogP contribution is 2.09. The summed E-state index contributed by atoms with van der Waals surface area (Å²) >= 11 is 4.10. The second kappa shape index (κ2) is 5.60. The first kappa shape index (κ1) is 11.8. The summed E-state index contributed by atoms with van der Waals surface area (Å²) in [6.07, 6.45) is 2.99. The summed E-state index contributed by atoms with van der Waals surface area (Å²) in [5.74, 6) is 0.618. The average molecular weight is 226 g/mol. The maximum Gasteiger partial charge on any atom is 0.309 e. The van der Waals surface area contributed by atoms with E-state index in [0.717, 1.165) is 11.5 Å². The Morgan fingerprint density at radius 1 is 1.67 bits per heavy atom. The highest BCUT2D eigenvalue weighted by molar-refractivity contribution is 7.80. The normalized spacial score (nSPS) is 10.2. The second-order valence-electron chi connectivity index (χ2n) is 3.15. The van der Waals surface area contributed by atoms with E-state index in [1.54, 1.807) is 6.08 Å². The van der Waals surface area contributed by atoms with E-state index in [-0.39, 0.29) is 6.42 Å². The zero-order valence-electron chi connectivity index (χ0n) is 8.36. The van der Waals surface area contributed by atoms with Crippen LogP contribution in [0.25, 0.3) is 0 Å². The number of rotatable bonds is 6. The molecule has 0 spiro atoms. The number of allylic oxidation sites excluding steroid dienone is 1. The van der Waals surface area contributed by atoms with Crippen LogP contribution < -0.4 is 0 Å². The van der Waals surface area contributed by atoms with Gasteiger partial charge in [0, 0.05) is 18.5 Å². The lowest BCUT2D eigenvalue weighted by Crippen LogP contribution is -2.03. The van der Waals surface area contributed by atoms with Crippen molar-refractivity contribution in [2.24, 2.45) is 0 Å². The number of aromatic amines is 1. The van der Waals surface area contributed by atoms with Gasteiger partial charge in [0.2, 0.25) is 0 Å². The molecule has 0 aliphatic carbocycles.